The summed E-state index contributed by atoms with van der Waals surface area (Å²) in [5.74, 6) is 0.689. The molecule has 0 aromatic carbocycles. The highest BCUT2D eigenvalue weighted by atomic mass is 79.9. The minimum atomic E-state index is -0.413. The number of pyridine rings is 1. The van der Waals surface area contributed by atoms with Crippen LogP contribution in [0.1, 0.15) is 43.9 Å². The van der Waals surface area contributed by atoms with Crippen LogP contribution >= 0.6 is 15.9 Å². The first-order valence-corrected chi connectivity index (χ1v) is 6.35. The van der Waals surface area contributed by atoms with Gasteiger partial charge in [0.2, 0.25) is 0 Å². The molecule has 0 saturated heterocycles. The molecular weight excluding hydrogens is 254 g/mol. The van der Waals surface area contributed by atoms with E-state index in [1.54, 1.807) is 6.20 Å². The van der Waals surface area contributed by atoms with Crippen molar-refractivity contribution >= 4 is 15.9 Å². The largest absolute Gasteiger partial charge is 0.387 e. The van der Waals surface area contributed by atoms with Crippen LogP contribution in [0.4, 0.5) is 0 Å². The van der Waals surface area contributed by atoms with Crippen molar-refractivity contribution in [1.82, 2.24) is 4.98 Å². The number of aliphatic hydroxyl groups excluding tert-OH is 1. The summed E-state index contributed by atoms with van der Waals surface area (Å²) < 4.78 is 0.912. The highest BCUT2D eigenvalue weighted by Gasteiger charge is 2.21. The number of rotatable bonds is 3. The van der Waals surface area contributed by atoms with Crippen LogP contribution < -0.4 is 0 Å². The van der Waals surface area contributed by atoms with Crippen LogP contribution in [0.5, 0.6) is 0 Å². The maximum atomic E-state index is 10.1. The lowest BCUT2D eigenvalue weighted by molar-refractivity contribution is 0.140. The lowest BCUT2D eigenvalue weighted by atomic mass is 9.98. The quantitative estimate of drug-likeness (QED) is 0.912. The van der Waals surface area contributed by atoms with Crippen LogP contribution in [0.3, 0.4) is 0 Å². The maximum Gasteiger partial charge on any atom is 0.0973 e. The molecule has 0 spiro atoms. The fourth-order valence-corrected chi connectivity index (χ4v) is 2.84. The van der Waals surface area contributed by atoms with Crippen molar-refractivity contribution in [1.29, 1.82) is 0 Å². The summed E-state index contributed by atoms with van der Waals surface area (Å²) >= 11 is 3.42. The van der Waals surface area contributed by atoms with Crippen molar-refractivity contribution in [3.8, 4) is 0 Å². The average Bonchev–Trinajstić information content (AvgIpc) is 2.71. The summed E-state index contributed by atoms with van der Waals surface area (Å²) in [7, 11) is 0. The van der Waals surface area contributed by atoms with Gasteiger partial charge in [-0.3, -0.25) is 4.98 Å². The Morgan fingerprint density at radius 1 is 1.47 bits per heavy atom. The molecule has 1 unspecified atom stereocenters. The second kappa shape index (κ2) is 5.08. The molecule has 1 heterocycles. The fraction of sp³-hybridized carbons (Fsp3) is 0.583. The Bertz CT molecular complexity index is 323. The number of halogens is 1. The summed E-state index contributed by atoms with van der Waals surface area (Å²) in [6, 6.07) is 3.80. The predicted molar refractivity (Wildman–Crippen MR) is 63.5 cm³/mol. The maximum absolute atomic E-state index is 10.1. The zero-order chi connectivity index (χ0) is 10.7. The summed E-state index contributed by atoms with van der Waals surface area (Å²) in [5.41, 5.74) is 0.782. The van der Waals surface area contributed by atoms with Crippen LogP contribution in [0, 0.1) is 5.92 Å². The second-order valence-electron chi connectivity index (χ2n) is 4.27. The van der Waals surface area contributed by atoms with Gasteiger partial charge in [-0.15, -0.1) is 0 Å². The molecule has 1 aliphatic carbocycles. The second-order valence-corrected chi connectivity index (χ2v) is 5.13. The number of hydrogen-bond acceptors (Lipinski definition) is 2. The third-order valence-electron chi connectivity index (χ3n) is 3.13. The first-order valence-electron chi connectivity index (χ1n) is 5.56. The minimum absolute atomic E-state index is 0.413. The van der Waals surface area contributed by atoms with E-state index >= 15 is 0 Å². The normalized spacial score (nSPS) is 19.3. The Hall–Kier alpha value is -0.410. The fourth-order valence-electron chi connectivity index (χ4n) is 2.32. The molecule has 2 nitrogen and oxygen atoms in total. The van der Waals surface area contributed by atoms with Gasteiger partial charge in [0.1, 0.15) is 0 Å². The van der Waals surface area contributed by atoms with Gasteiger partial charge in [-0.25, -0.2) is 0 Å². The van der Waals surface area contributed by atoms with Gasteiger partial charge in [0, 0.05) is 10.7 Å². The average molecular weight is 270 g/mol. The van der Waals surface area contributed by atoms with E-state index in [0.717, 1.165) is 16.6 Å². The van der Waals surface area contributed by atoms with E-state index < -0.39 is 6.10 Å². The Labute approximate surface area is 98.9 Å². The van der Waals surface area contributed by atoms with Gasteiger partial charge < -0.3 is 5.11 Å². The van der Waals surface area contributed by atoms with E-state index in [9.17, 15) is 5.11 Å². The van der Waals surface area contributed by atoms with Gasteiger partial charge in [0.05, 0.1) is 11.8 Å². The van der Waals surface area contributed by atoms with E-state index in [-0.39, 0.29) is 0 Å². The van der Waals surface area contributed by atoms with E-state index in [1.165, 1.54) is 25.7 Å². The molecule has 1 aromatic rings. The first kappa shape index (κ1) is 11.1. The lowest BCUT2D eigenvalue weighted by Crippen LogP contribution is -2.06. The van der Waals surface area contributed by atoms with Crippen molar-refractivity contribution in [2.45, 2.75) is 38.2 Å². The molecule has 0 bridgehead atoms. The number of aliphatic hydroxyl groups is 1. The van der Waals surface area contributed by atoms with Gasteiger partial charge >= 0.3 is 0 Å². The molecule has 1 atom stereocenters. The summed E-state index contributed by atoms with van der Waals surface area (Å²) in [5, 5.41) is 10.1. The Balaban J connectivity index is 2.00. The third kappa shape index (κ3) is 2.79. The minimum Gasteiger partial charge on any atom is -0.387 e. The zero-order valence-corrected chi connectivity index (χ0v) is 10.3. The monoisotopic (exact) mass is 269 g/mol. The van der Waals surface area contributed by atoms with Crippen LogP contribution in [0.2, 0.25) is 0 Å². The standard InChI is InChI=1S/C12H16BrNO/c13-10-6-3-7-14-12(10)11(15)8-9-4-1-2-5-9/h3,6-7,9,11,15H,1-2,4-5,8H2. The zero-order valence-electron chi connectivity index (χ0n) is 8.69. The molecular formula is C12H16BrNO. The van der Waals surface area contributed by atoms with Crippen molar-refractivity contribution in [3.05, 3.63) is 28.5 Å². The predicted octanol–water partition coefficient (Wildman–Crippen LogP) is 3.46. The Morgan fingerprint density at radius 3 is 2.87 bits per heavy atom. The van der Waals surface area contributed by atoms with Crippen LogP contribution in [-0.4, -0.2) is 10.1 Å². The topological polar surface area (TPSA) is 33.1 Å². The molecule has 0 radical (unpaired) electrons. The smallest absolute Gasteiger partial charge is 0.0973 e. The van der Waals surface area contributed by atoms with Gasteiger partial charge in [-0.1, -0.05) is 25.7 Å². The number of nitrogens with zero attached hydrogens (tertiary/aromatic N) is 1. The number of aromatic nitrogens is 1. The molecule has 15 heavy (non-hydrogen) atoms. The molecule has 1 aromatic heterocycles. The molecule has 3 heteroatoms. The van der Waals surface area contributed by atoms with E-state index in [2.05, 4.69) is 20.9 Å². The summed E-state index contributed by atoms with van der Waals surface area (Å²) in [6.45, 7) is 0. The molecule has 0 aliphatic heterocycles. The lowest BCUT2D eigenvalue weighted by Gasteiger charge is -2.15. The summed E-state index contributed by atoms with van der Waals surface area (Å²) in [4.78, 5) is 4.22. The molecule has 82 valence electrons. The van der Waals surface area contributed by atoms with Crippen molar-refractivity contribution < 1.29 is 5.11 Å². The van der Waals surface area contributed by atoms with Gasteiger partial charge in [0.15, 0.2) is 0 Å². The van der Waals surface area contributed by atoms with E-state index in [1.807, 2.05) is 12.1 Å². The summed E-state index contributed by atoms with van der Waals surface area (Å²) in [6.07, 6.45) is 7.35. The molecule has 1 N–H and O–H groups in total. The van der Waals surface area contributed by atoms with E-state index in [0.29, 0.717) is 5.92 Å². The van der Waals surface area contributed by atoms with Crippen LogP contribution in [-0.2, 0) is 0 Å². The van der Waals surface area contributed by atoms with Gasteiger partial charge in [0.25, 0.3) is 0 Å². The number of hydrogen-bond donors (Lipinski definition) is 1. The molecule has 0 amide bonds. The van der Waals surface area contributed by atoms with Crippen molar-refractivity contribution in [2.24, 2.45) is 5.92 Å². The third-order valence-corrected chi connectivity index (χ3v) is 3.80. The molecule has 1 saturated carbocycles. The molecule has 1 fully saturated rings. The van der Waals surface area contributed by atoms with Gasteiger partial charge in [-0.2, -0.15) is 0 Å². The Morgan fingerprint density at radius 2 is 2.20 bits per heavy atom. The molecule has 1 aliphatic rings. The van der Waals surface area contributed by atoms with Crippen LogP contribution in [0.25, 0.3) is 0 Å². The first-order chi connectivity index (χ1) is 7.27. The highest BCUT2D eigenvalue weighted by molar-refractivity contribution is 9.10. The Kier molecular flexibility index (Phi) is 3.76. The molecule has 2 rings (SSSR count). The van der Waals surface area contributed by atoms with Crippen LogP contribution in [0.15, 0.2) is 22.8 Å². The highest BCUT2D eigenvalue weighted by Crippen LogP contribution is 2.34. The van der Waals surface area contributed by atoms with E-state index in [4.69, 9.17) is 0 Å². The van der Waals surface area contributed by atoms with Crippen molar-refractivity contribution in [2.75, 3.05) is 0 Å². The van der Waals surface area contributed by atoms with Crippen molar-refractivity contribution in [3.63, 3.8) is 0 Å². The SMILES string of the molecule is OC(CC1CCCC1)c1ncccc1Br. The van der Waals surface area contributed by atoms with Gasteiger partial charge in [-0.05, 0) is 40.4 Å².